The summed E-state index contributed by atoms with van der Waals surface area (Å²) in [6, 6.07) is 0. The Morgan fingerprint density at radius 2 is 1.24 bits per heavy atom. The fourth-order valence-electron chi connectivity index (χ4n) is 3.43. The number of esters is 1. The van der Waals surface area contributed by atoms with Gasteiger partial charge in [-0.2, -0.15) is 0 Å². The number of hydrogen-bond donors (Lipinski definition) is 3. The summed E-state index contributed by atoms with van der Waals surface area (Å²) in [6.07, 6.45) is 15.4. The maximum absolute atomic E-state index is 12.0. The van der Waals surface area contributed by atoms with Gasteiger partial charge in [0.15, 0.2) is 5.78 Å². The fourth-order valence-corrected chi connectivity index (χ4v) is 3.43. The van der Waals surface area contributed by atoms with Gasteiger partial charge in [-0.1, -0.05) is 96.8 Å². The number of aliphatic hydroxyl groups is 3. The number of unbranched alkanes of at least 4 members (excludes halogenated alkanes) is 13. The van der Waals surface area contributed by atoms with E-state index in [1.807, 2.05) is 0 Å². The molecule has 0 fully saturated rings. The van der Waals surface area contributed by atoms with Crippen LogP contribution in [-0.4, -0.2) is 39.8 Å². The average molecular weight is 415 g/mol. The normalized spacial score (nSPS) is 13.1. The predicted octanol–water partition coefficient (Wildman–Crippen LogP) is 4.97. The highest BCUT2D eigenvalue weighted by Crippen LogP contribution is 2.18. The highest BCUT2D eigenvalue weighted by atomic mass is 16.6. The van der Waals surface area contributed by atoms with Crippen LogP contribution < -0.4 is 0 Å². The SMILES string of the molecule is C=C(O)OC(=O)C(CCCCCCCCCCCCCCCC)C(=O)C(O)CO. The van der Waals surface area contributed by atoms with Gasteiger partial charge in [0.25, 0.3) is 5.95 Å². The van der Waals surface area contributed by atoms with Crippen molar-refractivity contribution in [3.05, 3.63) is 12.5 Å². The molecule has 6 nitrogen and oxygen atoms in total. The van der Waals surface area contributed by atoms with Gasteiger partial charge in [0.05, 0.1) is 6.61 Å². The van der Waals surface area contributed by atoms with Crippen LogP contribution in [0.4, 0.5) is 0 Å². The van der Waals surface area contributed by atoms with Crippen molar-refractivity contribution in [1.82, 2.24) is 0 Å². The van der Waals surface area contributed by atoms with E-state index in [1.165, 1.54) is 64.2 Å². The topological polar surface area (TPSA) is 104 Å². The van der Waals surface area contributed by atoms with Gasteiger partial charge in [-0.25, -0.2) is 0 Å². The predicted molar refractivity (Wildman–Crippen MR) is 114 cm³/mol. The second-order valence-electron chi connectivity index (χ2n) is 7.85. The highest BCUT2D eigenvalue weighted by Gasteiger charge is 2.32. The van der Waals surface area contributed by atoms with Crippen LogP contribution in [0.5, 0.6) is 0 Å². The van der Waals surface area contributed by atoms with Gasteiger partial charge >= 0.3 is 5.97 Å². The molecule has 6 heteroatoms. The number of rotatable bonds is 20. The first kappa shape index (κ1) is 27.6. The van der Waals surface area contributed by atoms with Gasteiger partial charge in [0.2, 0.25) is 0 Å². The van der Waals surface area contributed by atoms with Crippen molar-refractivity contribution >= 4 is 11.8 Å². The van der Waals surface area contributed by atoms with E-state index < -0.39 is 36.3 Å². The van der Waals surface area contributed by atoms with Crippen LogP contribution in [0.2, 0.25) is 0 Å². The van der Waals surface area contributed by atoms with Crippen LogP contribution in [0.3, 0.4) is 0 Å². The van der Waals surface area contributed by atoms with Gasteiger partial charge in [0, 0.05) is 0 Å². The Bertz CT molecular complexity index is 449. The first-order valence-electron chi connectivity index (χ1n) is 11.4. The third kappa shape index (κ3) is 15.1. The summed E-state index contributed by atoms with van der Waals surface area (Å²) in [5.74, 6) is -3.70. The Morgan fingerprint density at radius 1 is 0.828 bits per heavy atom. The second kappa shape index (κ2) is 18.6. The van der Waals surface area contributed by atoms with Crippen molar-refractivity contribution < 1.29 is 29.6 Å². The van der Waals surface area contributed by atoms with Crippen LogP contribution in [0.25, 0.3) is 0 Å². The van der Waals surface area contributed by atoms with Crippen LogP contribution in [0.1, 0.15) is 103 Å². The molecule has 0 heterocycles. The largest absolute Gasteiger partial charge is 0.481 e. The Morgan fingerprint density at radius 3 is 1.62 bits per heavy atom. The van der Waals surface area contributed by atoms with Crippen molar-refractivity contribution in [2.75, 3.05) is 6.61 Å². The second-order valence-corrected chi connectivity index (χ2v) is 7.85. The standard InChI is InChI=1S/C23H42O6/c1-3-4-5-6-7-8-9-10-11-12-13-14-15-16-17-20(22(27)21(26)18-24)23(28)29-19(2)25/h20-21,24-26H,2-18H2,1H3. The summed E-state index contributed by atoms with van der Waals surface area (Å²) in [5, 5.41) is 27.4. The molecule has 0 aromatic rings. The zero-order valence-corrected chi connectivity index (χ0v) is 18.2. The summed E-state index contributed by atoms with van der Waals surface area (Å²) in [4.78, 5) is 24.0. The minimum atomic E-state index is -1.62. The lowest BCUT2D eigenvalue weighted by Gasteiger charge is -2.16. The van der Waals surface area contributed by atoms with Gasteiger partial charge < -0.3 is 20.1 Å². The average Bonchev–Trinajstić information content (AvgIpc) is 2.69. The summed E-state index contributed by atoms with van der Waals surface area (Å²) < 4.78 is 4.51. The number of aliphatic hydroxyl groups excluding tert-OH is 3. The molecule has 0 aliphatic rings. The molecular weight excluding hydrogens is 372 g/mol. The van der Waals surface area contributed by atoms with E-state index in [2.05, 4.69) is 18.2 Å². The van der Waals surface area contributed by atoms with Crippen LogP contribution >= 0.6 is 0 Å². The molecule has 0 bridgehead atoms. The molecule has 0 aliphatic heterocycles. The molecule has 29 heavy (non-hydrogen) atoms. The first-order chi connectivity index (χ1) is 13.9. The Balaban J connectivity index is 3.83. The zero-order valence-electron chi connectivity index (χ0n) is 18.2. The van der Waals surface area contributed by atoms with E-state index in [4.69, 9.17) is 10.2 Å². The van der Waals surface area contributed by atoms with Gasteiger partial charge in [0.1, 0.15) is 12.0 Å². The third-order valence-electron chi connectivity index (χ3n) is 5.19. The van der Waals surface area contributed by atoms with E-state index in [9.17, 15) is 14.7 Å². The number of carbonyl (C=O) groups is 2. The minimum Gasteiger partial charge on any atom is -0.481 e. The Labute approximate surface area is 176 Å². The summed E-state index contributed by atoms with van der Waals surface area (Å²) in [5.41, 5.74) is 0. The van der Waals surface area contributed by atoms with E-state index in [0.717, 1.165) is 19.3 Å². The number of ether oxygens (including phenoxy) is 1. The quantitative estimate of drug-likeness (QED) is 0.112. The monoisotopic (exact) mass is 414 g/mol. The summed E-state index contributed by atoms with van der Waals surface area (Å²) >= 11 is 0. The lowest BCUT2D eigenvalue weighted by atomic mass is 9.93. The first-order valence-corrected chi connectivity index (χ1v) is 11.4. The smallest absolute Gasteiger partial charge is 0.324 e. The summed E-state index contributed by atoms with van der Waals surface area (Å²) in [7, 11) is 0. The van der Waals surface area contributed by atoms with Gasteiger partial charge in [-0.3, -0.25) is 9.59 Å². The molecule has 0 saturated heterocycles. The number of ketones is 1. The lowest BCUT2D eigenvalue weighted by Crippen LogP contribution is -2.36. The van der Waals surface area contributed by atoms with E-state index >= 15 is 0 Å². The molecule has 2 unspecified atom stereocenters. The molecule has 0 saturated carbocycles. The maximum Gasteiger partial charge on any atom is 0.324 e. The van der Waals surface area contributed by atoms with E-state index in [-0.39, 0.29) is 6.42 Å². The minimum absolute atomic E-state index is 0.222. The lowest BCUT2D eigenvalue weighted by molar-refractivity contribution is -0.154. The highest BCUT2D eigenvalue weighted by molar-refractivity contribution is 6.01. The Hall–Kier alpha value is -1.40. The molecule has 0 spiro atoms. The van der Waals surface area contributed by atoms with E-state index in [0.29, 0.717) is 6.42 Å². The molecule has 0 aromatic carbocycles. The fraction of sp³-hybridized carbons (Fsp3) is 0.826. The molecule has 0 rings (SSSR count). The molecule has 0 aliphatic carbocycles. The molecule has 3 N–H and O–H groups in total. The van der Waals surface area contributed by atoms with Crippen molar-refractivity contribution in [3.8, 4) is 0 Å². The number of Topliss-reactive ketones (excluding diaryl/α,β-unsaturated/α-hetero) is 1. The molecule has 0 aromatic heterocycles. The molecule has 2 atom stereocenters. The summed E-state index contributed by atoms with van der Waals surface area (Å²) in [6.45, 7) is 4.55. The third-order valence-corrected chi connectivity index (χ3v) is 5.19. The van der Waals surface area contributed by atoms with Crippen LogP contribution in [0.15, 0.2) is 12.5 Å². The number of carbonyl (C=O) groups excluding carboxylic acids is 2. The zero-order chi connectivity index (χ0) is 21.9. The van der Waals surface area contributed by atoms with Gasteiger partial charge in [-0.15, -0.1) is 0 Å². The van der Waals surface area contributed by atoms with Crippen molar-refractivity contribution in [2.24, 2.45) is 5.92 Å². The maximum atomic E-state index is 12.0. The van der Waals surface area contributed by atoms with Crippen molar-refractivity contribution in [1.29, 1.82) is 0 Å². The molecule has 0 amide bonds. The molecular formula is C23H42O6. The molecule has 0 radical (unpaired) electrons. The number of hydrogen-bond acceptors (Lipinski definition) is 6. The van der Waals surface area contributed by atoms with Crippen molar-refractivity contribution in [2.45, 2.75) is 109 Å². The van der Waals surface area contributed by atoms with Gasteiger partial charge in [-0.05, 0) is 13.0 Å². The van der Waals surface area contributed by atoms with E-state index in [1.54, 1.807) is 0 Å². The van der Waals surface area contributed by atoms with Crippen LogP contribution in [-0.2, 0) is 14.3 Å². The van der Waals surface area contributed by atoms with Crippen molar-refractivity contribution in [3.63, 3.8) is 0 Å². The Kier molecular flexibility index (Phi) is 17.7. The molecule has 170 valence electrons. The van der Waals surface area contributed by atoms with Crippen LogP contribution in [0, 0.1) is 5.92 Å².